The smallest absolute Gasteiger partial charge is 0.315 e. The molecule has 0 spiro atoms. The van der Waals surface area contributed by atoms with E-state index in [2.05, 4.69) is 4.98 Å². The number of urea groups is 1. The van der Waals surface area contributed by atoms with Crippen LogP contribution in [0.25, 0.3) is 0 Å². The van der Waals surface area contributed by atoms with Crippen LogP contribution in [0.2, 0.25) is 0 Å². The summed E-state index contributed by atoms with van der Waals surface area (Å²) < 4.78 is 0. The summed E-state index contributed by atoms with van der Waals surface area (Å²) in [5.74, 6) is -0.522. The van der Waals surface area contributed by atoms with E-state index in [1.165, 1.54) is 11.3 Å². The van der Waals surface area contributed by atoms with Crippen LogP contribution in [0.5, 0.6) is 0 Å². The van der Waals surface area contributed by atoms with E-state index in [-0.39, 0.29) is 0 Å². The molecule has 2 rings (SSSR count). The summed E-state index contributed by atoms with van der Waals surface area (Å²) in [7, 11) is 0. The predicted octanol–water partition coefficient (Wildman–Crippen LogP) is 1.19. The zero-order chi connectivity index (χ0) is 14.2. The van der Waals surface area contributed by atoms with Crippen molar-refractivity contribution in [2.24, 2.45) is 11.5 Å². The third-order valence-electron chi connectivity index (χ3n) is 3.86. The van der Waals surface area contributed by atoms with Crippen LogP contribution in [0.1, 0.15) is 47.1 Å². The number of fused-ring (bicyclic) bond motifs is 1. The number of amides is 3. The summed E-state index contributed by atoms with van der Waals surface area (Å²) >= 11 is 1.29. The Bertz CT molecular complexity index is 522. The molecule has 0 saturated heterocycles. The molecule has 0 radical (unpaired) electrons. The Kier molecular flexibility index (Phi) is 3.49. The number of rotatable bonds is 3. The molecule has 2 heterocycles. The molecular weight excluding hydrogens is 264 g/mol. The van der Waals surface area contributed by atoms with Crippen molar-refractivity contribution in [1.82, 2.24) is 9.88 Å². The standard InChI is InChI=1S/C12H18N4O2S/c1-3-12(4-2)8-7(5-6-16(12)11(14)18)15-10(19-8)9(13)17/h3-6H2,1-2H3,(H2,13,17)(H2,14,18). The maximum atomic E-state index is 11.7. The van der Waals surface area contributed by atoms with Crippen molar-refractivity contribution < 1.29 is 9.59 Å². The van der Waals surface area contributed by atoms with Gasteiger partial charge in [0, 0.05) is 13.0 Å². The summed E-state index contributed by atoms with van der Waals surface area (Å²) in [5.41, 5.74) is 11.2. The molecule has 6 nitrogen and oxygen atoms in total. The van der Waals surface area contributed by atoms with Gasteiger partial charge in [-0.25, -0.2) is 9.78 Å². The first-order valence-corrected chi connectivity index (χ1v) is 7.15. The van der Waals surface area contributed by atoms with E-state index in [1.54, 1.807) is 4.90 Å². The second kappa shape index (κ2) is 4.80. The first-order valence-electron chi connectivity index (χ1n) is 6.33. The van der Waals surface area contributed by atoms with Crippen LogP contribution >= 0.6 is 11.3 Å². The number of nitrogens with two attached hydrogens (primary N) is 2. The second-order valence-electron chi connectivity index (χ2n) is 4.64. The fraction of sp³-hybridized carbons (Fsp3) is 0.583. The van der Waals surface area contributed by atoms with Gasteiger partial charge >= 0.3 is 6.03 Å². The molecule has 4 N–H and O–H groups in total. The van der Waals surface area contributed by atoms with Gasteiger partial charge in [-0.15, -0.1) is 11.3 Å². The maximum Gasteiger partial charge on any atom is 0.315 e. The minimum Gasteiger partial charge on any atom is -0.364 e. The minimum atomic E-state index is -0.522. The number of thiazole rings is 1. The van der Waals surface area contributed by atoms with Crippen LogP contribution in [-0.4, -0.2) is 28.4 Å². The van der Waals surface area contributed by atoms with Crippen molar-refractivity contribution in [1.29, 1.82) is 0 Å². The van der Waals surface area contributed by atoms with Gasteiger partial charge in [-0.2, -0.15) is 0 Å². The molecule has 1 aromatic heterocycles. The quantitative estimate of drug-likeness (QED) is 0.870. The summed E-state index contributed by atoms with van der Waals surface area (Å²) in [6.45, 7) is 4.56. The lowest BCUT2D eigenvalue weighted by atomic mass is 9.84. The van der Waals surface area contributed by atoms with Gasteiger partial charge in [-0.1, -0.05) is 13.8 Å². The van der Waals surface area contributed by atoms with Crippen molar-refractivity contribution in [2.75, 3.05) is 6.54 Å². The molecule has 1 aliphatic rings. The number of hydrogen-bond donors (Lipinski definition) is 2. The fourth-order valence-electron chi connectivity index (χ4n) is 2.82. The average Bonchev–Trinajstić information content (AvgIpc) is 2.81. The van der Waals surface area contributed by atoms with E-state index in [9.17, 15) is 9.59 Å². The van der Waals surface area contributed by atoms with Crippen LogP contribution in [-0.2, 0) is 12.0 Å². The molecule has 0 bridgehead atoms. The van der Waals surface area contributed by atoms with E-state index in [0.717, 1.165) is 23.4 Å². The highest BCUT2D eigenvalue weighted by molar-refractivity contribution is 7.13. The average molecular weight is 282 g/mol. The number of nitrogens with zero attached hydrogens (tertiary/aromatic N) is 2. The van der Waals surface area contributed by atoms with Crippen molar-refractivity contribution in [2.45, 2.75) is 38.6 Å². The van der Waals surface area contributed by atoms with Gasteiger partial charge in [0.05, 0.1) is 16.1 Å². The molecule has 3 amide bonds. The Morgan fingerprint density at radius 1 is 1.37 bits per heavy atom. The highest BCUT2D eigenvalue weighted by Crippen LogP contribution is 2.43. The largest absolute Gasteiger partial charge is 0.364 e. The lowest BCUT2D eigenvalue weighted by molar-refractivity contribution is 0.0991. The molecule has 104 valence electrons. The Balaban J connectivity index is 2.58. The van der Waals surface area contributed by atoms with Gasteiger partial charge in [0.15, 0.2) is 5.01 Å². The SMILES string of the molecule is CCC1(CC)c2sc(C(N)=O)nc2CCN1C(N)=O. The molecule has 7 heteroatoms. The first-order chi connectivity index (χ1) is 8.96. The number of carbonyl (C=O) groups excluding carboxylic acids is 2. The number of primary amides is 2. The molecule has 0 atom stereocenters. The third-order valence-corrected chi connectivity index (χ3v) is 5.16. The van der Waals surface area contributed by atoms with Crippen molar-refractivity contribution >= 4 is 23.3 Å². The summed E-state index contributed by atoms with van der Waals surface area (Å²) in [5, 5.41) is 0.308. The van der Waals surface area contributed by atoms with E-state index in [1.807, 2.05) is 13.8 Å². The zero-order valence-electron chi connectivity index (χ0n) is 11.1. The number of carbonyl (C=O) groups is 2. The highest BCUT2D eigenvalue weighted by Gasteiger charge is 2.44. The summed E-state index contributed by atoms with van der Waals surface area (Å²) in [4.78, 5) is 29.9. The van der Waals surface area contributed by atoms with Gasteiger partial charge in [0.1, 0.15) is 0 Å². The normalized spacial score (nSPS) is 17.1. The van der Waals surface area contributed by atoms with E-state index in [4.69, 9.17) is 11.5 Å². The monoisotopic (exact) mass is 282 g/mol. The molecule has 0 aromatic carbocycles. The van der Waals surface area contributed by atoms with Crippen LogP contribution < -0.4 is 11.5 Å². The van der Waals surface area contributed by atoms with Crippen molar-refractivity contribution in [3.8, 4) is 0 Å². The zero-order valence-corrected chi connectivity index (χ0v) is 11.9. The molecule has 0 aliphatic carbocycles. The van der Waals surface area contributed by atoms with E-state index >= 15 is 0 Å². The van der Waals surface area contributed by atoms with E-state index < -0.39 is 17.5 Å². The Morgan fingerprint density at radius 3 is 2.47 bits per heavy atom. The molecule has 0 saturated carbocycles. The molecular formula is C12H18N4O2S. The molecule has 0 fully saturated rings. The van der Waals surface area contributed by atoms with Crippen LogP contribution in [0.3, 0.4) is 0 Å². The Morgan fingerprint density at radius 2 is 2.00 bits per heavy atom. The van der Waals surface area contributed by atoms with Gasteiger partial charge in [0.25, 0.3) is 5.91 Å². The molecule has 19 heavy (non-hydrogen) atoms. The van der Waals surface area contributed by atoms with Gasteiger partial charge in [0.2, 0.25) is 0 Å². The topological polar surface area (TPSA) is 102 Å². The Hall–Kier alpha value is -1.63. The summed E-state index contributed by atoms with van der Waals surface area (Å²) in [6, 6.07) is -0.427. The van der Waals surface area contributed by atoms with E-state index in [0.29, 0.717) is 18.0 Å². The number of aromatic nitrogens is 1. The third kappa shape index (κ3) is 1.98. The molecule has 1 aliphatic heterocycles. The highest BCUT2D eigenvalue weighted by atomic mass is 32.1. The lowest BCUT2D eigenvalue weighted by Crippen LogP contribution is -2.54. The minimum absolute atomic E-state index is 0.308. The van der Waals surface area contributed by atoms with Gasteiger partial charge < -0.3 is 16.4 Å². The Labute approximate surface area is 115 Å². The predicted molar refractivity (Wildman–Crippen MR) is 72.9 cm³/mol. The molecule has 0 unspecified atom stereocenters. The van der Waals surface area contributed by atoms with Gasteiger partial charge in [-0.05, 0) is 12.8 Å². The molecule has 1 aromatic rings. The summed E-state index contributed by atoms with van der Waals surface area (Å²) in [6.07, 6.45) is 2.09. The number of hydrogen-bond acceptors (Lipinski definition) is 4. The van der Waals surface area contributed by atoms with Crippen molar-refractivity contribution in [3.05, 3.63) is 15.6 Å². The fourth-order valence-corrected chi connectivity index (χ4v) is 4.12. The van der Waals surface area contributed by atoms with Gasteiger partial charge in [-0.3, -0.25) is 4.79 Å². The van der Waals surface area contributed by atoms with Crippen LogP contribution in [0.4, 0.5) is 4.79 Å². The maximum absolute atomic E-state index is 11.7. The lowest BCUT2D eigenvalue weighted by Gasteiger charge is -2.44. The van der Waals surface area contributed by atoms with Crippen LogP contribution in [0.15, 0.2) is 0 Å². The second-order valence-corrected chi connectivity index (χ2v) is 5.64. The first kappa shape index (κ1) is 13.8. The van der Waals surface area contributed by atoms with Crippen LogP contribution in [0, 0.1) is 0 Å². The van der Waals surface area contributed by atoms with Crippen molar-refractivity contribution in [3.63, 3.8) is 0 Å².